The van der Waals surface area contributed by atoms with E-state index in [9.17, 15) is 0 Å². The number of hydrogen-bond donors (Lipinski definition) is 0. The minimum Gasteiger partial charge on any atom is -0.272 e. The van der Waals surface area contributed by atoms with Gasteiger partial charge in [-0.1, -0.05) is 6.92 Å². The summed E-state index contributed by atoms with van der Waals surface area (Å²) >= 11 is 1.70. The summed E-state index contributed by atoms with van der Waals surface area (Å²) in [6, 6.07) is 0. The largest absolute Gasteiger partial charge is 0.272 e. The van der Waals surface area contributed by atoms with Crippen LogP contribution in [-0.2, 0) is 6.54 Å². The van der Waals surface area contributed by atoms with Gasteiger partial charge in [-0.3, -0.25) is 4.68 Å². The van der Waals surface area contributed by atoms with Crippen LogP contribution in [0.3, 0.4) is 0 Å². The average molecular weight is 208 g/mol. The Morgan fingerprint density at radius 2 is 2.29 bits per heavy atom. The SMILES string of the molecule is CCSc1nncc2nn(CC)cc12. The molecule has 0 unspecified atom stereocenters. The predicted octanol–water partition coefficient (Wildman–Crippen LogP) is 1.96. The zero-order chi connectivity index (χ0) is 9.97. The molecule has 74 valence electrons. The first kappa shape index (κ1) is 9.45. The summed E-state index contributed by atoms with van der Waals surface area (Å²) in [6.45, 7) is 5.06. The maximum absolute atomic E-state index is 4.37. The van der Waals surface area contributed by atoms with Crippen LogP contribution in [0.25, 0.3) is 10.9 Å². The van der Waals surface area contributed by atoms with Crippen LogP contribution in [0.15, 0.2) is 17.4 Å². The highest BCUT2D eigenvalue weighted by atomic mass is 32.2. The van der Waals surface area contributed by atoms with Crippen LogP contribution >= 0.6 is 11.8 Å². The zero-order valence-corrected chi connectivity index (χ0v) is 9.08. The summed E-state index contributed by atoms with van der Waals surface area (Å²) in [5, 5.41) is 14.5. The Morgan fingerprint density at radius 1 is 1.43 bits per heavy atom. The van der Waals surface area contributed by atoms with E-state index in [0.717, 1.165) is 28.2 Å². The summed E-state index contributed by atoms with van der Waals surface area (Å²) in [7, 11) is 0. The normalized spacial score (nSPS) is 11.0. The van der Waals surface area contributed by atoms with Gasteiger partial charge in [0.15, 0.2) is 0 Å². The maximum atomic E-state index is 4.37. The average Bonchev–Trinajstić information content (AvgIpc) is 2.62. The fraction of sp³-hybridized carbons (Fsp3) is 0.444. The second-order valence-corrected chi connectivity index (χ2v) is 4.12. The molecule has 0 radical (unpaired) electrons. The number of fused-ring (bicyclic) bond motifs is 1. The second-order valence-electron chi connectivity index (χ2n) is 2.87. The quantitative estimate of drug-likeness (QED) is 0.723. The highest BCUT2D eigenvalue weighted by Crippen LogP contribution is 2.23. The molecule has 0 saturated heterocycles. The van der Waals surface area contributed by atoms with Gasteiger partial charge >= 0.3 is 0 Å². The van der Waals surface area contributed by atoms with Crippen molar-refractivity contribution in [3.8, 4) is 0 Å². The molecule has 0 aliphatic carbocycles. The molecule has 0 aliphatic heterocycles. The van der Waals surface area contributed by atoms with Gasteiger partial charge in [0.2, 0.25) is 0 Å². The lowest BCUT2D eigenvalue weighted by atomic mass is 10.4. The molecule has 2 aromatic heterocycles. The molecule has 4 nitrogen and oxygen atoms in total. The molecule has 0 aromatic carbocycles. The lowest BCUT2D eigenvalue weighted by Crippen LogP contribution is -1.92. The topological polar surface area (TPSA) is 43.6 Å². The van der Waals surface area contributed by atoms with E-state index in [1.165, 1.54) is 0 Å². The molecule has 0 N–H and O–H groups in total. The molecule has 0 atom stereocenters. The molecule has 0 aliphatic rings. The first-order valence-corrected chi connectivity index (χ1v) is 5.65. The van der Waals surface area contributed by atoms with Crippen molar-refractivity contribution in [2.24, 2.45) is 0 Å². The molecule has 14 heavy (non-hydrogen) atoms. The van der Waals surface area contributed by atoms with Gasteiger partial charge in [0.05, 0.1) is 11.6 Å². The molecule has 0 fully saturated rings. The number of aryl methyl sites for hydroxylation is 1. The van der Waals surface area contributed by atoms with Crippen LogP contribution in [0.1, 0.15) is 13.8 Å². The van der Waals surface area contributed by atoms with Gasteiger partial charge in [-0.15, -0.1) is 16.9 Å². The van der Waals surface area contributed by atoms with Crippen molar-refractivity contribution in [3.63, 3.8) is 0 Å². The molecule has 0 spiro atoms. The van der Waals surface area contributed by atoms with Crippen molar-refractivity contribution in [2.45, 2.75) is 25.4 Å². The summed E-state index contributed by atoms with van der Waals surface area (Å²) in [4.78, 5) is 0. The van der Waals surface area contributed by atoms with Gasteiger partial charge in [0.1, 0.15) is 10.5 Å². The van der Waals surface area contributed by atoms with Gasteiger partial charge in [-0.2, -0.15) is 10.2 Å². The van der Waals surface area contributed by atoms with Gasteiger partial charge in [-0.25, -0.2) is 0 Å². The summed E-state index contributed by atoms with van der Waals surface area (Å²) in [6.07, 6.45) is 3.74. The molecule has 0 saturated carbocycles. The van der Waals surface area contributed by atoms with E-state index in [1.54, 1.807) is 18.0 Å². The molecular weight excluding hydrogens is 196 g/mol. The standard InChI is InChI=1S/C9H12N4S/c1-3-13-6-7-8(12-13)5-10-11-9(7)14-4-2/h5-6H,3-4H2,1-2H3. The monoisotopic (exact) mass is 208 g/mol. The highest BCUT2D eigenvalue weighted by Gasteiger charge is 2.06. The second kappa shape index (κ2) is 3.96. The van der Waals surface area contributed by atoms with Crippen molar-refractivity contribution in [3.05, 3.63) is 12.4 Å². The van der Waals surface area contributed by atoms with Crippen LogP contribution in [0.5, 0.6) is 0 Å². The van der Waals surface area contributed by atoms with Gasteiger partial charge in [0.25, 0.3) is 0 Å². The maximum Gasteiger partial charge on any atom is 0.130 e. The van der Waals surface area contributed by atoms with E-state index in [2.05, 4.69) is 29.1 Å². The lowest BCUT2D eigenvalue weighted by molar-refractivity contribution is 0.667. The molecule has 2 heterocycles. The van der Waals surface area contributed by atoms with Crippen LogP contribution in [0.2, 0.25) is 0 Å². The van der Waals surface area contributed by atoms with Crippen LogP contribution < -0.4 is 0 Å². The van der Waals surface area contributed by atoms with E-state index in [4.69, 9.17) is 0 Å². The molecule has 0 amide bonds. The van der Waals surface area contributed by atoms with Crippen molar-refractivity contribution < 1.29 is 0 Å². The minimum absolute atomic E-state index is 0.880. The van der Waals surface area contributed by atoms with Crippen molar-refractivity contribution >= 4 is 22.7 Å². The minimum atomic E-state index is 0.880. The Balaban J connectivity index is 2.55. The number of aromatic nitrogens is 4. The number of thioether (sulfide) groups is 1. The van der Waals surface area contributed by atoms with E-state index in [-0.39, 0.29) is 0 Å². The first-order valence-electron chi connectivity index (χ1n) is 4.66. The third kappa shape index (κ3) is 1.59. The van der Waals surface area contributed by atoms with Crippen molar-refractivity contribution in [2.75, 3.05) is 5.75 Å². The Bertz CT molecular complexity index is 437. The number of nitrogens with zero attached hydrogens (tertiary/aromatic N) is 4. The third-order valence-corrected chi connectivity index (χ3v) is 2.82. The molecular formula is C9H12N4S. The van der Waals surface area contributed by atoms with Gasteiger partial charge < -0.3 is 0 Å². The molecule has 5 heteroatoms. The molecule has 0 bridgehead atoms. The Kier molecular flexibility index (Phi) is 2.67. The predicted molar refractivity (Wildman–Crippen MR) is 57.4 cm³/mol. The summed E-state index contributed by atoms with van der Waals surface area (Å²) < 4.78 is 1.91. The van der Waals surface area contributed by atoms with Gasteiger partial charge in [0, 0.05) is 12.7 Å². The van der Waals surface area contributed by atoms with E-state index < -0.39 is 0 Å². The van der Waals surface area contributed by atoms with E-state index >= 15 is 0 Å². The third-order valence-electron chi connectivity index (χ3n) is 1.95. The fourth-order valence-electron chi connectivity index (χ4n) is 1.29. The Morgan fingerprint density at radius 3 is 3.00 bits per heavy atom. The Hall–Kier alpha value is -1.10. The summed E-state index contributed by atoms with van der Waals surface area (Å²) in [5.74, 6) is 1.01. The zero-order valence-electron chi connectivity index (χ0n) is 8.27. The van der Waals surface area contributed by atoms with Crippen LogP contribution in [0.4, 0.5) is 0 Å². The smallest absolute Gasteiger partial charge is 0.130 e. The van der Waals surface area contributed by atoms with Crippen LogP contribution in [-0.4, -0.2) is 25.7 Å². The van der Waals surface area contributed by atoms with Gasteiger partial charge in [-0.05, 0) is 12.7 Å². The number of rotatable bonds is 3. The molecule has 2 aromatic rings. The molecule has 2 rings (SSSR count). The van der Waals surface area contributed by atoms with E-state index in [1.807, 2.05) is 10.9 Å². The Labute approximate surface area is 86.7 Å². The first-order chi connectivity index (χ1) is 6.85. The van der Waals surface area contributed by atoms with Crippen LogP contribution in [0, 0.1) is 0 Å². The highest BCUT2D eigenvalue weighted by molar-refractivity contribution is 7.99. The summed E-state index contributed by atoms with van der Waals surface area (Å²) in [5.41, 5.74) is 0.929. The van der Waals surface area contributed by atoms with E-state index in [0.29, 0.717) is 0 Å². The number of hydrogen-bond acceptors (Lipinski definition) is 4. The lowest BCUT2D eigenvalue weighted by Gasteiger charge is -1.95. The fourth-order valence-corrected chi connectivity index (χ4v) is 1.98. The van der Waals surface area contributed by atoms with Crippen molar-refractivity contribution in [1.82, 2.24) is 20.0 Å². The van der Waals surface area contributed by atoms with Crippen molar-refractivity contribution in [1.29, 1.82) is 0 Å².